The molecular weight excluding hydrogens is 233 g/mol. The molecule has 0 aromatic heterocycles. The molecule has 0 fully saturated rings. The van der Waals surface area contributed by atoms with Gasteiger partial charge in [0.15, 0.2) is 0 Å². The Balaban J connectivity index is 2.75. The minimum absolute atomic E-state index is 0.0896. The number of hydrogen-bond donors (Lipinski definition) is 3. The molecule has 92 valence electrons. The van der Waals surface area contributed by atoms with E-state index < -0.39 is 23.4 Å². The van der Waals surface area contributed by atoms with Crippen LogP contribution >= 0.6 is 0 Å². The predicted molar refractivity (Wildman–Crippen MR) is 55.4 cm³/mol. The first-order valence-corrected chi connectivity index (χ1v) is 4.62. The van der Waals surface area contributed by atoms with Crippen LogP contribution in [0.3, 0.4) is 0 Å². The lowest BCUT2D eigenvalue weighted by atomic mass is 10.2. The zero-order chi connectivity index (χ0) is 12.8. The average molecular weight is 243 g/mol. The number of carbonyl (C=O) groups excluding carboxylic acids is 1. The number of carboxylic acids is 1. The second kappa shape index (κ2) is 5.80. The highest BCUT2D eigenvalue weighted by atomic mass is 19.1. The van der Waals surface area contributed by atoms with Gasteiger partial charge in [0.05, 0.1) is 12.2 Å². The molecule has 0 bridgehead atoms. The number of anilines is 1. The molecule has 0 spiro atoms. The number of halogens is 1. The summed E-state index contributed by atoms with van der Waals surface area (Å²) in [7, 11) is 0. The summed E-state index contributed by atoms with van der Waals surface area (Å²) in [5, 5.41) is 19.2. The van der Waals surface area contributed by atoms with Crippen LogP contribution in [0, 0.1) is 5.82 Å². The van der Waals surface area contributed by atoms with Gasteiger partial charge in [0.2, 0.25) is 0 Å². The lowest BCUT2D eigenvalue weighted by Gasteiger charge is -2.06. The maximum absolute atomic E-state index is 13.0. The molecule has 7 heteroatoms. The zero-order valence-electron chi connectivity index (χ0n) is 8.64. The van der Waals surface area contributed by atoms with E-state index in [0.29, 0.717) is 0 Å². The highest BCUT2D eigenvalue weighted by Gasteiger charge is 2.12. The molecule has 1 rings (SSSR count). The number of amides is 1. The lowest BCUT2D eigenvalue weighted by molar-refractivity contribution is 0.0692. The molecule has 0 aliphatic heterocycles. The van der Waals surface area contributed by atoms with Crippen LogP contribution in [-0.4, -0.2) is 35.5 Å². The molecule has 0 saturated heterocycles. The van der Waals surface area contributed by atoms with E-state index >= 15 is 0 Å². The van der Waals surface area contributed by atoms with Crippen LogP contribution in [0.4, 0.5) is 14.9 Å². The molecule has 1 aromatic carbocycles. The maximum Gasteiger partial charge on any atom is 0.411 e. The van der Waals surface area contributed by atoms with Crippen LogP contribution in [0.2, 0.25) is 0 Å². The minimum atomic E-state index is -1.44. The number of rotatable bonds is 4. The monoisotopic (exact) mass is 243 g/mol. The van der Waals surface area contributed by atoms with Crippen LogP contribution in [0.25, 0.3) is 0 Å². The van der Waals surface area contributed by atoms with E-state index in [0.717, 1.165) is 12.1 Å². The molecule has 1 amide bonds. The van der Waals surface area contributed by atoms with Gasteiger partial charge < -0.3 is 14.9 Å². The van der Waals surface area contributed by atoms with Crippen molar-refractivity contribution in [2.75, 3.05) is 18.5 Å². The van der Waals surface area contributed by atoms with Crippen LogP contribution in [0.5, 0.6) is 0 Å². The normalized spacial score (nSPS) is 9.76. The Morgan fingerprint density at radius 1 is 1.41 bits per heavy atom. The Morgan fingerprint density at radius 3 is 2.71 bits per heavy atom. The summed E-state index contributed by atoms with van der Waals surface area (Å²) in [5.74, 6) is -2.33. The van der Waals surface area contributed by atoms with Crippen LogP contribution in [-0.2, 0) is 4.74 Å². The molecule has 0 radical (unpaired) electrons. The molecule has 17 heavy (non-hydrogen) atoms. The Hall–Kier alpha value is -2.15. The molecule has 0 heterocycles. The average Bonchev–Trinajstić information content (AvgIpc) is 2.28. The number of benzene rings is 1. The van der Waals surface area contributed by atoms with Crippen molar-refractivity contribution in [2.45, 2.75) is 0 Å². The largest absolute Gasteiger partial charge is 0.478 e. The molecule has 0 aliphatic rings. The van der Waals surface area contributed by atoms with Crippen molar-refractivity contribution in [2.24, 2.45) is 0 Å². The molecule has 0 atom stereocenters. The molecular formula is C10H10FNO5. The Morgan fingerprint density at radius 2 is 2.12 bits per heavy atom. The minimum Gasteiger partial charge on any atom is -0.478 e. The SMILES string of the molecule is O=C(Nc1ccc(F)c(C(=O)O)c1)OCCO. The molecule has 0 unspecified atom stereocenters. The second-order valence-electron chi connectivity index (χ2n) is 2.98. The van der Waals surface area contributed by atoms with Crippen molar-refractivity contribution in [3.05, 3.63) is 29.6 Å². The van der Waals surface area contributed by atoms with Crippen molar-refractivity contribution < 1.29 is 28.9 Å². The van der Waals surface area contributed by atoms with Gasteiger partial charge in [-0.15, -0.1) is 0 Å². The third-order valence-corrected chi connectivity index (χ3v) is 1.77. The Kier molecular flexibility index (Phi) is 4.41. The number of carboxylic acid groups (broad SMARTS) is 1. The van der Waals surface area contributed by atoms with Crippen LogP contribution in [0.15, 0.2) is 18.2 Å². The highest BCUT2D eigenvalue weighted by molar-refractivity contribution is 5.91. The molecule has 0 aliphatic carbocycles. The number of ether oxygens (including phenoxy) is 1. The zero-order valence-corrected chi connectivity index (χ0v) is 8.64. The van der Waals surface area contributed by atoms with E-state index in [9.17, 15) is 14.0 Å². The summed E-state index contributed by atoms with van der Waals surface area (Å²) in [6, 6.07) is 3.09. The Bertz CT molecular complexity index is 435. The third-order valence-electron chi connectivity index (χ3n) is 1.77. The summed E-state index contributed by atoms with van der Waals surface area (Å²) in [6.45, 7) is -0.504. The van der Waals surface area contributed by atoms with E-state index in [-0.39, 0.29) is 18.9 Å². The van der Waals surface area contributed by atoms with E-state index in [1.807, 2.05) is 0 Å². The van der Waals surface area contributed by atoms with Crippen molar-refractivity contribution in [3.8, 4) is 0 Å². The van der Waals surface area contributed by atoms with E-state index in [1.165, 1.54) is 6.07 Å². The first-order chi connectivity index (χ1) is 8.04. The molecule has 6 nitrogen and oxygen atoms in total. The van der Waals surface area contributed by atoms with Gasteiger partial charge in [-0.05, 0) is 18.2 Å². The van der Waals surface area contributed by atoms with E-state index in [4.69, 9.17) is 10.2 Å². The maximum atomic E-state index is 13.0. The molecule has 1 aromatic rings. The topological polar surface area (TPSA) is 95.9 Å². The van der Waals surface area contributed by atoms with Gasteiger partial charge in [0, 0.05) is 5.69 Å². The molecule has 0 saturated carbocycles. The number of aliphatic hydroxyl groups excluding tert-OH is 1. The van der Waals surface area contributed by atoms with Crippen molar-refractivity contribution in [1.29, 1.82) is 0 Å². The van der Waals surface area contributed by atoms with Gasteiger partial charge in [-0.3, -0.25) is 5.32 Å². The summed E-state index contributed by atoms with van der Waals surface area (Å²) >= 11 is 0. The number of aromatic carboxylic acids is 1. The van der Waals surface area contributed by atoms with Crippen LogP contribution in [0.1, 0.15) is 10.4 Å². The Labute approximate surface area is 95.6 Å². The van der Waals surface area contributed by atoms with Gasteiger partial charge in [0.1, 0.15) is 12.4 Å². The number of hydrogen-bond acceptors (Lipinski definition) is 4. The summed E-state index contributed by atoms with van der Waals surface area (Å²) < 4.78 is 17.5. The van der Waals surface area contributed by atoms with Gasteiger partial charge >= 0.3 is 12.1 Å². The third kappa shape index (κ3) is 3.72. The fourth-order valence-electron chi connectivity index (χ4n) is 1.06. The predicted octanol–water partition coefficient (Wildman–Crippen LogP) is 1.06. The fourth-order valence-corrected chi connectivity index (χ4v) is 1.06. The van der Waals surface area contributed by atoms with Gasteiger partial charge in [0.25, 0.3) is 0 Å². The second-order valence-corrected chi connectivity index (χ2v) is 2.98. The van der Waals surface area contributed by atoms with Gasteiger partial charge in [-0.25, -0.2) is 14.0 Å². The van der Waals surface area contributed by atoms with Crippen molar-refractivity contribution in [1.82, 2.24) is 0 Å². The van der Waals surface area contributed by atoms with E-state index in [1.54, 1.807) is 0 Å². The number of carbonyl (C=O) groups is 2. The summed E-state index contributed by atoms with van der Waals surface area (Å²) in [5.41, 5.74) is -0.461. The first kappa shape index (κ1) is 12.9. The smallest absolute Gasteiger partial charge is 0.411 e. The lowest BCUT2D eigenvalue weighted by Crippen LogP contribution is -2.16. The number of aliphatic hydroxyl groups is 1. The standard InChI is InChI=1S/C10H10FNO5/c11-8-2-1-6(5-7(8)9(14)15)12-10(16)17-4-3-13/h1-2,5,13H,3-4H2,(H,12,16)(H,14,15). The number of nitrogens with one attached hydrogen (secondary N) is 1. The van der Waals surface area contributed by atoms with Gasteiger partial charge in [-0.2, -0.15) is 0 Å². The van der Waals surface area contributed by atoms with Gasteiger partial charge in [-0.1, -0.05) is 0 Å². The van der Waals surface area contributed by atoms with Crippen molar-refractivity contribution in [3.63, 3.8) is 0 Å². The first-order valence-electron chi connectivity index (χ1n) is 4.62. The molecule has 3 N–H and O–H groups in total. The summed E-state index contributed by atoms with van der Waals surface area (Å²) in [6.07, 6.45) is -0.859. The fraction of sp³-hybridized carbons (Fsp3) is 0.200. The summed E-state index contributed by atoms with van der Waals surface area (Å²) in [4.78, 5) is 21.7. The van der Waals surface area contributed by atoms with E-state index in [2.05, 4.69) is 10.1 Å². The quantitative estimate of drug-likeness (QED) is 0.734. The van der Waals surface area contributed by atoms with Crippen molar-refractivity contribution >= 4 is 17.7 Å². The highest BCUT2D eigenvalue weighted by Crippen LogP contribution is 2.14. The van der Waals surface area contributed by atoms with Crippen LogP contribution < -0.4 is 5.32 Å².